The predicted molar refractivity (Wildman–Crippen MR) is 50.5 cm³/mol. The lowest BCUT2D eigenvalue weighted by Crippen LogP contribution is -2.09. The summed E-state index contributed by atoms with van der Waals surface area (Å²) in [5.41, 5.74) is -0.0197. The van der Waals surface area contributed by atoms with Crippen molar-refractivity contribution in [3.8, 4) is 0 Å². The third-order valence-corrected chi connectivity index (χ3v) is 1.54. The van der Waals surface area contributed by atoms with Crippen LogP contribution in [0.5, 0.6) is 0 Å². The molecule has 0 spiro atoms. The molecular weight excluding hydrogens is 208 g/mol. The van der Waals surface area contributed by atoms with E-state index in [4.69, 9.17) is 16.7 Å². The van der Waals surface area contributed by atoms with Gasteiger partial charge in [-0.2, -0.15) is 0 Å². The van der Waals surface area contributed by atoms with Crippen LogP contribution in [-0.4, -0.2) is 22.0 Å². The molecule has 0 fully saturated rings. The number of anilines is 1. The lowest BCUT2D eigenvalue weighted by atomic mass is 10.2. The van der Waals surface area contributed by atoms with Gasteiger partial charge in [0.1, 0.15) is 11.0 Å². The van der Waals surface area contributed by atoms with Crippen LogP contribution in [0.15, 0.2) is 12.1 Å². The Bertz CT molecular complexity index is 392. The van der Waals surface area contributed by atoms with Gasteiger partial charge < -0.3 is 10.4 Å². The number of pyridine rings is 1. The zero-order valence-corrected chi connectivity index (χ0v) is 8.00. The quantitative estimate of drug-likeness (QED) is 0.730. The van der Waals surface area contributed by atoms with E-state index >= 15 is 0 Å². The molecule has 2 N–H and O–H groups in total. The number of nitrogens with zero attached hydrogens (tertiary/aromatic N) is 1. The number of nitrogens with one attached hydrogen (secondary N) is 1. The second-order valence-electron chi connectivity index (χ2n) is 2.55. The SMILES string of the molecule is CC(=O)Nc1cc(C(=O)O)cc(Cl)n1. The highest BCUT2D eigenvalue weighted by Gasteiger charge is 2.07. The molecule has 1 aromatic rings. The Morgan fingerprint density at radius 3 is 2.64 bits per heavy atom. The van der Waals surface area contributed by atoms with Crippen molar-refractivity contribution >= 4 is 29.3 Å². The molecule has 14 heavy (non-hydrogen) atoms. The molecule has 74 valence electrons. The van der Waals surface area contributed by atoms with Gasteiger partial charge >= 0.3 is 5.97 Å². The van der Waals surface area contributed by atoms with Crippen LogP contribution in [0.25, 0.3) is 0 Å². The summed E-state index contributed by atoms with van der Waals surface area (Å²) in [6.45, 7) is 1.29. The van der Waals surface area contributed by atoms with Gasteiger partial charge in [-0.05, 0) is 12.1 Å². The van der Waals surface area contributed by atoms with Gasteiger partial charge in [0.2, 0.25) is 5.91 Å². The number of aromatic carboxylic acids is 1. The summed E-state index contributed by atoms with van der Waals surface area (Å²) in [5, 5.41) is 11.0. The van der Waals surface area contributed by atoms with Crippen molar-refractivity contribution in [2.24, 2.45) is 0 Å². The van der Waals surface area contributed by atoms with Crippen molar-refractivity contribution in [2.75, 3.05) is 5.32 Å². The third kappa shape index (κ3) is 2.70. The zero-order valence-electron chi connectivity index (χ0n) is 7.24. The maximum Gasteiger partial charge on any atom is 0.335 e. The number of carbonyl (C=O) groups excluding carboxylic acids is 1. The Balaban J connectivity index is 3.07. The summed E-state index contributed by atoms with van der Waals surface area (Å²) in [6, 6.07) is 2.44. The Hall–Kier alpha value is -1.62. The van der Waals surface area contributed by atoms with E-state index in [1.807, 2.05) is 0 Å². The molecule has 0 aliphatic rings. The molecule has 0 atom stereocenters. The van der Waals surface area contributed by atoms with Crippen molar-refractivity contribution in [1.29, 1.82) is 0 Å². The largest absolute Gasteiger partial charge is 0.478 e. The van der Waals surface area contributed by atoms with Crippen molar-refractivity contribution < 1.29 is 14.7 Å². The van der Waals surface area contributed by atoms with Gasteiger partial charge in [-0.1, -0.05) is 11.6 Å². The van der Waals surface area contributed by atoms with Gasteiger partial charge in [-0.15, -0.1) is 0 Å². The van der Waals surface area contributed by atoms with Crippen LogP contribution in [0.3, 0.4) is 0 Å². The maximum atomic E-state index is 10.7. The summed E-state index contributed by atoms with van der Waals surface area (Å²) in [6.07, 6.45) is 0. The Morgan fingerprint density at radius 1 is 1.50 bits per heavy atom. The number of hydrogen-bond donors (Lipinski definition) is 2. The molecule has 0 bridgehead atoms. The lowest BCUT2D eigenvalue weighted by Gasteiger charge is -2.02. The standard InChI is InChI=1S/C8H7ClN2O3/c1-4(12)10-7-3-5(8(13)14)2-6(9)11-7/h2-3H,1H3,(H,13,14)(H,10,11,12). The van der Waals surface area contributed by atoms with E-state index in [2.05, 4.69) is 10.3 Å². The van der Waals surface area contributed by atoms with Crippen LogP contribution in [0.1, 0.15) is 17.3 Å². The van der Waals surface area contributed by atoms with E-state index in [-0.39, 0.29) is 22.4 Å². The molecule has 0 unspecified atom stereocenters. The minimum atomic E-state index is -1.12. The van der Waals surface area contributed by atoms with Gasteiger partial charge in [0.05, 0.1) is 5.56 Å². The van der Waals surface area contributed by atoms with Gasteiger partial charge in [-0.25, -0.2) is 9.78 Å². The van der Waals surface area contributed by atoms with Crippen LogP contribution in [0, 0.1) is 0 Å². The van der Waals surface area contributed by atoms with Crippen LogP contribution in [0.2, 0.25) is 5.15 Å². The number of carboxylic acid groups (broad SMARTS) is 1. The fourth-order valence-electron chi connectivity index (χ4n) is 0.865. The number of hydrogen-bond acceptors (Lipinski definition) is 3. The summed E-state index contributed by atoms with van der Waals surface area (Å²) in [4.78, 5) is 25.0. The fraction of sp³-hybridized carbons (Fsp3) is 0.125. The number of carboxylic acids is 1. The average Bonchev–Trinajstić information content (AvgIpc) is 2.01. The molecular formula is C8H7ClN2O3. The monoisotopic (exact) mass is 214 g/mol. The molecule has 5 nitrogen and oxygen atoms in total. The molecule has 1 rings (SSSR count). The topological polar surface area (TPSA) is 79.3 Å². The predicted octanol–water partition coefficient (Wildman–Crippen LogP) is 1.39. The van der Waals surface area contributed by atoms with Gasteiger partial charge in [0.25, 0.3) is 0 Å². The summed E-state index contributed by atoms with van der Waals surface area (Å²) in [7, 11) is 0. The van der Waals surface area contributed by atoms with Crippen molar-refractivity contribution in [2.45, 2.75) is 6.92 Å². The second kappa shape index (κ2) is 4.06. The molecule has 0 saturated carbocycles. The van der Waals surface area contributed by atoms with E-state index in [0.29, 0.717) is 0 Å². The third-order valence-electron chi connectivity index (χ3n) is 1.35. The first-order chi connectivity index (χ1) is 6.49. The van der Waals surface area contributed by atoms with E-state index in [1.54, 1.807) is 0 Å². The average molecular weight is 215 g/mol. The lowest BCUT2D eigenvalue weighted by molar-refractivity contribution is -0.114. The molecule has 0 aromatic carbocycles. The molecule has 1 amide bonds. The van der Waals surface area contributed by atoms with Gasteiger partial charge in [0.15, 0.2) is 0 Å². The number of amides is 1. The number of rotatable bonds is 2. The van der Waals surface area contributed by atoms with E-state index in [1.165, 1.54) is 19.1 Å². The first-order valence-electron chi connectivity index (χ1n) is 3.67. The summed E-state index contributed by atoms with van der Waals surface area (Å²) >= 11 is 5.55. The fourth-order valence-corrected chi connectivity index (χ4v) is 1.07. The Labute approximate surface area is 84.7 Å². The summed E-state index contributed by atoms with van der Waals surface area (Å²) < 4.78 is 0. The van der Waals surface area contributed by atoms with E-state index in [0.717, 1.165) is 0 Å². The molecule has 6 heteroatoms. The minimum absolute atomic E-state index is 0.0197. The summed E-state index contributed by atoms with van der Waals surface area (Å²) in [5.74, 6) is -1.33. The second-order valence-corrected chi connectivity index (χ2v) is 2.94. The smallest absolute Gasteiger partial charge is 0.335 e. The Morgan fingerprint density at radius 2 is 2.14 bits per heavy atom. The van der Waals surface area contributed by atoms with Crippen molar-refractivity contribution in [3.63, 3.8) is 0 Å². The van der Waals surface area contributed by atoms with Crippen LogP contribution in [-0.2, 0) is 4.79 Å². The molecule has 1 aromatic heterocycles. The zero-order chi connectivity index (χ0) is 10.7. The minimum Gasteiger partial charge on any atom is -0.478 e. The van der Waals surface area contributed by atoms with E-state index < -0.39 is 5.97 Å². The number of halogens is 1. The van der Waals surface area contributed by atoms with Crippen LogP contribution < -0.4 is 5.32 Å². The molecule has 0 saturated heterocycles. The number of aromatic nitrogens is 1. The highest BCUT2D eigenvalue weighted by Crippen LogP contribution is 2.14. The normalized spacial score (nSPS) is 9.57. The molecule has 0 aliphatic heterocycles. The highest BCUT2D eigenvalue weighted by molar-refractivity contribution is 6.29. The first-order valence-corrected chi connectivity index (χ1v) is 4.05. The molecule has 0 aliphatic carbocycles. The van der Waals surface area contributed by atoms with Crippen LogP contribution >= 0.6 is 11.6 Å². The van der Waals surface area contributed by atoms with Crippen molar-refractivity contribution in [1.82, 2.24) is 4.98 Å². The molecule has 1 heterocycles. The van der Waals surface area contributed by atoms with Crippen molar-refractivity contribution in [3.05, 3.63) is 22.8 Å². The first kappa shape index (κ1) is 10.5. The molecule has 0 radical (unpaired) electrons. The van der Waals surface area contributed by atoms with E-state index in [9.17, 15) is 9.59 Å². The Kier molecular flexibility index (Phi) is 3.03. The van der Waals surface area contributed by atoms with Gasteiger partial charge in [-0.3, -0.25) is 4.79 Å². The number of carbonyl (C=O) groups is 2. The highest BCUT2D eigenvalue weighted by atomic mass is 35.5. The maximum absolute atomic E-state index is 10.7. The van der Waals surface area contributed by atoms with Gasteiger partial charge in [0, 0.05) is 6.92 Å². The van der Waals surface area contributed by atoms with Crippen LogP contribution in [0.4, 0.5) is 5.82 Å².